The van der Waals surface area contributed by atoms with E-state index in [9.17, 15) is 4.79 Å². The number of rotatable bonds is 2. The molecule has 0 saturated carbocycles. The van der Waals surface area contributed by atoms with Gasteiger partial charge in [0.05, 0.1) is 12.1 Å². The molecule has 2 rings (SSSR count). The van der Waals surface area contributed by atoms with E-state index in [1.165, 1.54) is 0 Å². The summed E-state index contributed by atoms with van der Waals surface area (Å²) >= 11 is 0. The van der Waals surface area contributed by atoms with E-state index in [1.807, 2.05) is 29.7 Å². The maximum Gasteiger partial charge on any atom is 0.228 e. The number of fused-ring (bicyclic) bond motifs is 1. The maximum atomic E-state index is 11.6. The van der Waals surface area contributed by atoms with Crippen LogP contribution in [-0.4, -0.2) is 34.3 Å². The Labute approximate surface area is 94.5 Å². The van der Waals surface area contributed by atoms with Crippen LogP contribution in [0.2, 0.25) is 0 Å². The van der Waals surface area contributed by atoms with E-state index < -0.39 is 0 Å². The molecule has 0 saturated heterocycles. The van der Waals surface area contributed by atoms with Crippen molar-refractivity contribution >= 4 is 11.6 Å². The summed E-state index contributed by atoms with van der Waals surface area (Å²) < 4.78 is 1.97. The van der Waals surface area contributed by atoms with Gasteiger partial charge in [0.25, 0.3) is 0 Å². The van der Waals surface area contributed by atoms with Gasteiger partial charge in [-0.25, -0.2) is 4.98 Å². The van der Waals surface area contributed by atoms with Gasteiger partial charge in [-0.05, 0) is 18.6 Å². The van der Waals surface area contributed by atoms with Crippen molar-refractivity contribution in [2.24, 2.45) is 0 Å². The van der Waals surface area contributed by atoms with Gasteiger partial charge in [-0.15, -0.1) is 0 Å². The number of carbonyl (C=O) groups excluding carboxylic acids is 1. The molecule has 0 bridgehead atoms. The fraction of sp³-hybridized carbons (Fsp3) is 0.333. The van der Waals surface area contributed by atoms with Gasteiger partial charge in [-0.2, -0.15) is 0 Å². The van der Waals surface area contributed by atoms with E-state index in [-0.39, 0.29) is 5.91 Å². The van der Waals surface area contributed by atoms with Crippen molar-refractivity contribution in [3.63, 3.8) is 0 Å². The minimum absolute atomic E-state index is 0.0864. The molecule has 0 spiro atoms. The summed E-state index contributed by atoms with van der Waals surface area (Å²) in [5.41, 5.74) is 2.97. The highest BCUT2D eigenvalue weighted by Crippen LogP contribution is 2.09. The van der Waals surface area contributed by atoms with Gasteiger partial charge < -0.3 is 9.30 Å². The highest BCUT2D eigenvalue weighted by Gasteiger charge is 2.09. The monoisotopic (exact) mass is 217 g/mol. The number of likely N-dealkylation sites (N-methyl/N-ethyl adjacent to an activating group) is 1. The highest BCUT2D eigenvalue weighted by molar-refractivity contribution is 5.78. The zero-order valence-corrected chi connectivity index (χ0v) is 9.77. The number of hydrogen-bond donors (Lipinski definition) is 0. The second kappa shape index (κ2) is 3.96. The lowest BCUT2D eigenvalue weighted by Gasteiger charge is -2.09. The van der Waals surface area contributed by atoms with Gasteiger partial charge in [0.15, 0.2) is 0 Å². The molecule has 0 unspecified atom stereocenters. The zero-order chi connectivity index (χ0) is 11.7. The van der Waals surface area contributed by atoms with Crippen LogP contribution >= 0.6 is 0 Å². The van der Waals surface area contributed by atoms with Gasteiger partial charge in [-0.1, -0.05) is 6.07 Å². The lowest BCUT2D eigenvalue weighted by molar-refractivity contribution is -0.128. The fourth-order valence-electron chi connectivity index (χ4n) is 1.58. The molecule has 1 amide bonds. The Balaban J connectivity index is 2.38. The van der Waals surface area contributed by atoms with Crippen LogP contribution in [0.15, 0.2) is 24.5 Å². The van der Waals surface area contributed by atoms with E-state index >= 15 is 0 Å². The third kappa shape index (κ3) is 1.91. The average molecular weight is 217 g/mol. The molecule has 0 atom stereocenters. The molecule has 4 heteroatoms. The number of amides is 1. The zero-order valence-electron chi connectivity index (χ0n) is 9.77. The molecular formula is C12H15N3O. The van der Waals surface area contributed by atoms with Crippen molar-refractivity contribution in [2.45, 2.75) is 13.3 Å². The van der Waals surface area contributed by atoms with E-state index in [2.05, 4.69) is 4.98 Å². The van der Waals surface area contributed by atoms with Crippen molar-refractivity contribution in [3.05, 3.63) is 35.8 Å². The van der Waals surface area contributed by atoms with Gasteiger partial charge in [0, 0.05) is 26.5 Å². The first-order chi connectivity index (χ1) is 7.58. The fourth-order valence-corrected chi connectivity index (χ4v) is 1.58. The standard InChI is InChI=1S/C12H15N3O/c1-9-4-5-11-13-7-10(15(11)8-9)6-12(16)14(2)3/h4-5,7-8H,6H2,1-3H3. The Morgan fingerprint density at radius 2 is 2.19 bits per heavy atom. The highest BCUT2D eigenvalue weighted by atomic mass is 16.2. The third-order valence-corrected chi connectivity index (χ3v) is 2.56. The summed E-state index contributed by atoms with van der Waals surface area (Å²) in [6.45, 7) is 2.02. The smallest absolute Gasteiger partial charge is 0.228 e. The Morgan fingerprint density at radius 3 is 2.88 bits per heavy atom. The second-order valence-electron chi connectivity index (χ2n) is 4.15. The van der Waals surface area contributed by atoms with Crippen LogP contribution in [0.4, 0.5) is 0 Å². The summed E-state index contributed by atoms with van der Waals surface area (Å²) in [6, 6.07) is 3.97. The molecular weight excluding hydrogens is 202 g/mol. The summed E-state index contributed by atoms with van der Waals surface area (Å²) in [5.74, 6) is 0.0864. The van der Waals surface area contributed by atoms with Crippen LogP contribution in [-0.2, 0) is 11.2 Å². The topological polar surface area (TPSA) is 37.6 Å². The van der Waals surface area contributed by atoms with Crippen molar-refractivity contribution in [2.75, 3.05) is 14.1 Å². The van der Waals surface area contributed by atoms with Gasteiger partial charge in [0.2, 0.25) is 5.91 Å². The van der Waals surface area contributed by atoms with Crippen molar-refractivity contribution < 1.29 is 4.79 Å². The third-order valence-electron chi connectivity index (χ3n) is 2.56. The summed E-state index contributed by atoms with van der Waals surface area (Å²) in [7, 11) is 3.52. The van der Waals surface area contributed by atoms with Crippen molar-refractivity contribution in [1.29, 1.82) is 0 Å². The molecule has 0 aliphatic rings. The number of nitrogens with zero attached hydrogens (tertiary/aromatic N) is 3. The molecule has 2 aromatic rings. The molecule has 0 fully saturated rings. The van der Waals surface area contributed by atoms with Crippen LogP contribution < -0.4 is 0 Å². The number of carbonyl (C=O) groups is 1. The molecule has 0 aromatic carbocycles. The summed E-state index contributed by atoms with van der Waals surface area (Å²) in [6.07, 6.45) is 4.15. The molecule has 4 nitrogen and oxygen atoms in total. The maximum absolute atomic E-state index is 11.6. The van der Waals surface area contributed by atoms with Crippen LogP contribution in [0, 0.1) is 6.92 Å². The average Bonchev–Trinajstić information content (AvgIpc) is 2.61. The SMILES string of the molecule is Cc1ccc2ncc(CC(=O)N(C)C)n2c1. The molecule has 0 aliphatic heterocycles. The van der Waals surface area contributed by atoms with E-state index in [0.29, 0.717) is 6.42 Å². The predicted molar refractivity (Wildman–Crippen MR) is 62.3 cm³/mol. The number of aromatic nitrogens is 2. The molecule has 0 N–H and O–H groups in total. The van der Waals surface area contributed by atoms with Crippen molar-refractivity contribution in [3.8, 4) is 0 Å². The quantitative estimate of drug-likeness (QED) is 0.759. The number of aryl methyl sites for hydroxylation is 1. The lowest BCUT2D eigenvalue weighted by atomic mass is 10.3. The summed E-state index contributed by atoms with van der Waals surface area (Å²) in [4.78, 5) is 17.5. The number of imidazole rings is 1. The minimum atomic E-state index is 0.0864. The van der Waals surface area contributed by atoms with E-state index in [0.717, 1.165) is 16.9 Å². The normalized spacial score (nSPS) is 10.7. The molecule has 16 heavy (non-hydrogen) atoms. The Bertz CT molecular complexity index is 528. The van der Waals surface area contributed by atoms with Crippen LogP contribution in [0.5, 0.6) is 0 Å². The Kier molecular flexibility index (Phi) is 2.64. The lowest BCUT2D eigenvalue weighted by Crippen LogP contribution is -2.24. The number of pyridine rings is 1. The first-order valence-electron chi connectivity index (χ1n) is 5.20. The molecule has 2 heterocycles. The van der Waals surface area contributed by atoms with Crippen LogP contribution in [0.25, 0.3) is 5.65 Å². The van der Waals surface area contributed by atoms with Gasteiger partial charge in [-0.3, -0.25) is 4.79 Å². The summed E-state index contributed by atoms with van der Waals surface area (Å²) in [5, 5.41) is 0. The van der Waals surface area contributed by atoms with E-state index in [1.54, 1.807) is 25.2 Å². The minimum Gasteiger partial charge on any atom is -0.348 e. The molecule has 84 valence electrons. The molecule has 2 aromatic heterocycles. The van der Waals surface area contributed by atoms with Crippen molar-refractivity contribution in [1.82, 2.24) is 14.3 Å². The van der Waals surface area contributed by atoms with Crippen LogP contribution in [0.1, 0.15) is 11.3 Å². The molecule has 0 radical (unpaired) electrons. The first kappa shape index (κ1) is 10.7. The van der Waals surface area contributed by atoms with Gasteiger partial charge >= 0.3 is 0 Å². The Hall–Kier alpha value is -1.84. The second-order valence-corrected chi connectivity index (χ2v) is 4.15. The first-order valence-corrected chi connectivity index (χ1v) is 5.20. The van der Waals surface area contributed by atoms with Gasteiger partial charge in [0.1, 0.15) is 5.65 Å². The molecule has 0 aliphatic carbocycles. The largest absolute Gasteiger partial charge is 0.348 e. The Morgan fingerprint density at radius 1 is 1.44 bits per heavy atom. The number of hydrogen-bond acceptors (Lipinski definition) is 2. The van der Waals surface area contributed by atoms with Crippen LogP contribution in [0.3, 0.4) is 0 Å². The van der Waals surface area contributed by atoms with E-state index in [4.69, 9.17) is 0 Å². The predicted octanol–water partition coefficient (Wildman–Crippen LogP) is 1.27.